The molecule has 0 aliphatic rings. The monoisotopic (exact) mass is 945 g/mol. The number of hydrogen-bond acceptors (Lipinski definition) is 5. The summed E-state index contributed by atoms with van der Waals surface area (Å²) in [5.41, 5.74) is 0. The van der Waals surface area contributed by atoms with Crippen molar-refractivity contribution in [2.24, 2.45) is 0 Å². The van der Waals surface area contributed by atoms with Crippen LogP contribution in [0.4, 0.5) is 0 Å². The average molecular weight is 946 g/mol. The molecule has 0 spiro atoms. The Bertz CT molecular complexity index is 1300. The molecule has 68 heavy (non-hydrogen) atoms. The van der Waals surface area contributed by atoms with Gasteiger partial charge in [-0.2, -0.15) is 0 Å². The van der Waals surface area contributed by atoms with Gasteiger partial charge in [-0.25, -0.2) is 0 Å². The predicted molar refractivity (Wildman–Crippen MR) is 297 cm³/mol. The highest BCUT2D eigenvalue weighted by atomic mass is 16.6. The van der Waals surface area contributed by atoms with Crippen molar-refractivity contribution < 1.29 is 23.8 Å². The Labute approximate surface area is 422 Å². The van der Waals surface area contributed by atoms with Gasteiger partial charge < -0.3 is 14.2 Å². The van der Waals surface area contributed by atoms with Gasteiger partial charge in [-0.1, -0.05) is 234 Å². The Morgan fingerprint density at radius 3 is 1.09 bits per heavy atom. The molecule has 0 aromatic heterocycles. The quantitative estimate of drug-likeness (QED) is 0.0345. The summed E-state index contributed by atoms with van der Waals surface area (Å²) in [6.07, 6.45) is 78.6. The van der Waals surface area contributed by atoms with Crippen LogP contribution in [0.15, 0.2) is 97.2 Å². The molecule has 0 aromatic carbocycles. The Morgan fingerprint density at radius 2 is 0.662 bits per heavy atom. The Morgan fingerprint density at radius 1 is 0.338 bits per heavy atom. The number of hydrogen-bond donors (Lipinski definition) is 0. The first-order valence-corrected chi connectivity index (χ1v) is 28.8. The number of rotatable bonds is 52. The molecule has 0 N–H and O–H groups in total. The van der Waals surface area contributed by atoms with E-state index in [1.807, 2.05) is 0 Å². The van der Waals surface area contributed by atoms with Gasteiger partial charge in [0.2, 0.25) is 0 Å². The van der Waals surface area contributed by atoms with Gasteiger partial charge in [0.15, 0.2) is 6.10 Å². The van der Waals surface area contributed by atoms with E-state index >= 15 is 0 Å². The average Bonchev–Trinajstić information content (AvgIpc) is 3.34. The summed E-state index contributed by atoms with van der Waals surface area (Å²) in [6.45, 7) is 7.56. The lowest BCUT2D eigenvalue weighted by atomic mass is 10.1. The molecular weight excluding hydrogens is 837 g/mol. The molecule has 1 unspecified atom stereocenters. The van der Waals surface area contributed by atoms with Crippen molar-refractivity contribution >= 4 is 11.9 Å². The zero-order valence-electron chi connectivity index (χ0n) is 44.8. The van der Waals surface area contributed by atoms with E-state index in [2.05, 4.69) is 118 Å². The minimum atomic E-state index is -0.564. The van der Waals surface area contributed by atoms with Gasteiger partial charge in [0.25, 0.3) is 0 Å². The SMILES string of the molecule is CC/C=C\C/C=C\C/C=C\C/C=C\CCCCCCCCC(=O)OCC(COCCCCCCCCCCCC/C=C\CCCCCCCC)OC(=O)CCCCC/C=C\C/C=C\C/C=C\CC. The molecular formula is C63H108O5. The lowest BCUT2D eigenvalue weighted by Gasteiger charge is -2.18. The molecule has 0 aromatic rings. The molecule has 0 rings (SSSR count). The molecule has 0 saturated heterocycles. The van der Waals surface area contributed by atoms with Crippen LogP contribution in [0.5, 0.6) is 0 Å². The molecule has 0 bridgehead atoms. The topological polar surface area (TPSA) is 61.8 Å². The lowest BCUT2D eigenvalue weighted by Crippen LogP contribution is -2.30. The van der Waals surface area contributed by atoms with Crippen LogP contribution in [0, 0.1) is 0 Å². The van der Waals surface area contributed by atoms with Crippen molar-refractivity contribution in [3.63, 3.8) is 0 Å². The Balaban J connectivity index is 4.29. The van der Waals surface area contributed by atoms with Gasteiger partial charge in [-0.05, 0) is 116 Å². The molecule has 0 saturated carbocycles. The van der Waals surface area contributed by atoms with Gasteiger partial charge >= 0.3 is 11.9 Å². The molecule has 0 aliphatic carbocycles. The van der Waals surface area contributed by atoms with E-state index < -0.39 is 6.10 Å². The zero-order valence-corrected chi connectivity index (χ0v) is 44.8. The molecule has 0 aliphatic heterocycles. The third-order valence-corrected chi connectivity index (χ3v) is 12.1. The normalized spacial score (nSPS) is 12.9. The fourth-order valence-corrected chi connectivity index (χ4v) is 7.86. The summed E-state index contributed by atoms with van der Waals surface area (Å²) in [5, 5.41) is 0. The number of allylic oxidation sites excluding steroid dienone is 16. The molecule has 5 nitrogen and oxygen atoms in total. The highest BCUT2D eigenvalue weighted by Crippen LogP contribution is 2.14. The van der Waals surface area contributed by atoms with Crippen LogP contribution in [-0.4, -0.2) is 37.9 Å². The number of esters is 2. The molecule has 0 fully saturated rings. The predicted octanol–water partition coefficient (Wildman–Crippen LogP) is 19.8. The fourth-order valence-electron chi connectivity index (χ4n) is 7.86. The molecule has 0 amide bonds. The van der Waals surface area contributed by atoms with Crippen LogP contribution in [0.1, 0.15) is 265 Å². The fraction of sp³-hybridized carbons (Fsp3) is 0.714. The lowest BCUT2D eigenvalue weighted by molar-refractivity contribution is -0.163. The van der Waals surface area contributed by atoms with Gasteiger partial charge in [-0.3, -0.25) is 9.59 Å². The van der Waals surface area contributed by atoms with Crippen LogP contribution in [0.3, 0.4) is 0 Å². The van der Waals surface area contributed by atoms with Crippen LogP contribution < -0.4 is 0 Å². The minimum absolute atomic E-state index is 0.0615. The van der Waals surface area contributed by atoms with E-state index in [0.29, 0.717) is 19.4 Å². The van der Waals surface area contributed by atoms with Crippen molar-refractivity contribution in [3.05, 3.63) is 97.2 Å². The second-order valence-electron chi connectivity index (χ2n) is 18.8. The van der Waals surface area contributed by atoms with E-state index in [1.54, 1.807) is 0 Å². The van der Waals surface area contributed by atoms with Gasteiger partial charge in [0.1, 0.15) is 6.61 Å². The van der Waals surface area contributed by atoms with E-state index in [4.69, 9.17) is 14.2 Å². The van der Waals surface area contributed by atoms with E-state index in [9.17, 15) is 9.59 Å². The van der Waals surface area contributed by atoms with Crippen LogP contribution in [0.25, 0.3) is 0 Å². The first-order valence-electron chi connectivity index (χ1n) is 28.8. The summed E-state index contributed by atoms with van der Waals surface area (Å²) in [4.78, 5) is 25.5. The van der Waals surface area contributed by atoms with Crippen molar-refractivity contribution in [1.82, 2.24) is 0 Å². The number of ether oxygens (including phenoxy) is 3. The molecule has 0 radical (unpaired) electrons. The van der Waals surface area contributed by atoms with E-state index in [0.717, 1.165) is 109 Å². The minimum Gasteiger partial charge on any atom is -0.462 e. The standard InChI is InChI=1S/C63H108O5/c1-4-7-10-13-16-19-22-25-27-29-31-33-35-37-40-43-46-49-52-55-58-66-59-61(68-63(65)57-54-51-48-45-42-38-24-21-18-15-12-9-6-3)60-67-62(64)56-53-50-47-44-41-39-36-34-32-30-28-26-23-20-17-14-11-8-5-2/h8-9,11-12,17-18,20-21,25-28,32,34,38,42,61H,4-7,10,13-16,19,22-24,29-31,33,35-37,39-41,43-60H2,1-3H3/b11-8-,12-9-,20-17-,21-18-,27-25-,28-26-,34-32-,42-38-. The highest BCUT2D eigenvalue weighted by Gasteiger charge is 2.17. The summed E-state index contributed by atoms with van der Waals surface area (Å²) >= 11 is 0. The maximum Gasteiger partial charge on any atom is 0.306 e. The van der Waals surface area contributed by atoms with Gasteiger partial charge in [0, 0.05) is 19.4 Å². The van der Waals surface area contributed by atoms with E-state index in [-0.39, 0.29) is 25.2 Å². The number of carbonyl (C=O) groups excluding carboxylic acids is 2. The van der Waals surface area contributed by atoms with Crippen molar-refractivity contribution in [2.75, 3.05) is 19.8 Å². The zero-order chi connectivity index (χ0) is 49.2. The smallest absolute Gasteiger partial charge is 0.306 e. The Kier molecular flexibility index (Phi) is 55.4. The molecule has 1 atom stereocenters. The summed E-state index contributed by atoms with van der Waals surface area (Å²) in [7, 11) is 0. The Hall–Kier alpha value is -3.18. The van der Waals surface area contributed by atoms with Crippen LogP contribution >= 0.6 is 0 Å². The second kappa shape index (κ2) is 58.1. The van der Waals surface area contributed by atoms with Gasteiger partial charge in [0.05, 0.1) is 6.61 Å². The van der Waals surface area contributed by atoms with Crippen molar-refractivity contribution in [3.8, 4) is 0 Å². The maximum atomic E-state index is 12.8. The van der Waals surface area contributed by atoms with Crippen molar-refractivity contribution in [1.29, 1.82) is 0 Å². The third-order valence-electron chi connectivity index (χ3n) is 12.1. The summed E-state index contributed by atoms with van der Waals surface area (Å²) < 4.78 is 17.4. The molecule has 5 heteroatoms. The van der Waals surface area contributed by atoms with E-state index in [1.165, 1.54) is 122 Å². The van der Waals surface area contributed by atoms with Crippen molar-refractivity contribution in [2.45, 2.75) is 271 Å². The largest absolute Gasteiger partial charge is 0.462 e. The number of unbranched alkanes of at least 4 members (excludes halogenated alkanes) is 25. The highest BCUT2D eigenvalue weighted by molar-refractivity contribution is 5.70. The van der Waals surface area contributed by atoms with Crippen LogP contribution in [0.2, 0.25) is 0 Å². The maximum absolute atomic E-state index is 12.8. The third kappa shape index (κ3) is 55.4. The summed E-state index contributed by atoms with van der Waals surface area (Å²) in [5.74, 6) is -0.446. The number of carbonyl (C=O) groups is 2. The van der Waals surface area contributed by atoms with Gasteiger partial charge in [-0.15, -0.1) is 0 Å². The first kappa shape index (κ1) is 64.8. The molecule has 0 heterocycles. The second-order valence-corrected chi connectivity index (χ2v) is 18.8. The summed E-state index contributed by atoms with van der Waals surface area (Å²) in [6, 6.07) is 0. The molecule has 390 valence electrons. The first-order chi connectivity index (χ1) is 33.6. The van der Waals surface area contributed by atoms with Crippen LogP contribution in [-0.2, 0) is 23.8 Å².